The number of thiophene rings is 1. The zero-order valence-corrected chi connectivity index (χ0v) is 16.3. The van der Waals surface area contributed by atoms with Gasteiger partial charge in [0.1, 0.15) is 14.9 Å². The summed E-state index contributed by atoms with van der Waals surface area (Å²) in [5.74, 6) is -0.800. The number of aryl methyl sites for hydroxylation is 1. The van der Waals surface area contributed by atoms with Gasteiger partial charge >= 0.3 is 5.97 Å². The van der Waals surface area contributed by atoms with E-state index in [9.17, 15) is 9.59 Å². The fraction of sp³-hybridized carbons (Fsp3) is 0.333. The molecule has 3 rings (SSSR count). The number of methoxy groups -OCH3 is 1. The second-order valence-corrected chi connectivity index (χ2v) is 8.97. The third kappa shape index (κ3) is 3.05. The van der Waals surface area contributed by atoms with Gasteiger partial charge in [-0.2, -0.15) is 0 Å². The number of halogens is 2. The minimum atomic E-state index is -1.07. The number of carbonyl (C=O) groups is 2. The van der Waals surface area contributed by atoms with Crippen LogP contribution in [0.25, 0.3) is 11.1 Å². The van der Waals surface area contributed by atoms with Crippen molar-refractivity contribution in [3.05, 3.63) is 40.8 Å². The van der Waals surface area contributed by atoms with Crippen molar-refractivity contribution >= 4 is 51.4 Å². The number of benzene rings is 1. The predicted molar refractivity (Wildman–Crippen MR) is 102 cm³/mol. The highest BCUT2D eigenvalue weighted by Crippen LogP contribution is 2.64. The molecule has 25 heavy (non-hydrogen) atoms. The summed E-state index contributed by atoms with van der Waals surface area (Å²) in [6, 6.07) is 9.52. The van der Waals surface area contributed by atoms with Crippen molar-refractivity contribution in [1.82, 2.24) is 0 Å². The van der Waals surface area contributed by atoms with Crippen LogP contribution in [0.15, 0.2) is 30.3 Å². The van der Waals surface area contributed by atoms with Crippen LogP contribution in [0, 0.1) is 12.3 Å². The van der Waals surface area contributed by atoms with Gasteiger partial charge in [-0.25, -0.2) is 4.79 Å². The van der Waals surface area contributed by atoms with Crippen LogP contribution in [-0.4, -0.2) is 23.3 Å². The molecule has 1 fully saturated rings. The molecule has 0 unspecified atom stereocenters. The molecule has 132 valence electrons. The normalized spacial score (nSPS) is 20.8. The minimum Gasteiger partial charge on any atom is -0.465 e. The molecule has 0 spiro atoms. The van der Waals surface area contributed by atoms with Crippen LogP contribution in [0.5, 0.6) is 0 Å². The van der Waals surface area contributed by atoms with E-state index in [1.807, 2.05) is 37.3 Å². The van der Waals surface area contributed by atoms with E-state index in [-0.39, 0.29) is 5.91 Å². The Labute approximate surface area is 160 Å². The molecular weight excluding hydrogens is 381 g/mol. The van der Waals surface area contributed by atoms with Crippen LogP contribution in [0.1, 0.15) is 28.6 Å². The smallest absolute Gasteiger partial charge is 0.341 e. The summed E-state index contributed by atoms with van der Waals surface area (Å²) in [6.07, 6.45) is 0.373. The predicted octanol–water partition coefficient (Wildman–Crippen LogP) is 5.03. The van der Waals surface area contributed by atoms with Crippen molar-refractivity contribution in [2.45, 2.75) is 24.6 Å². The van der Waals surface area contributed by atoms with Gasteiger partial charge in [-0.1, -0.05) is 30.3 Å². The molecule has 0 bridgehead atoms. The highest BCUT2D eigenvalue weighted by molar-refractivity contribution is 7.17. The van der Waals surface area contributed by atoms with Crippen molar-refractivity contribution in [3.8, 4) is 11.1 Å². The van der Waals surface area contributed by atoms with E-state index in [0.29, 0.717) is 17.0 Å². The Balaban J connectivity index is 2.03. The number of rotatable bonds is 4. The van der Waals surface area contributed by atoms with Gasteiger partial charge in [-0.15, -0.1) is 34.5 Å². The standard InChI is InChI=1S/C18H17Cl2NO3S/c1-10-12(11-7-5-4-6-8-11)13(15(22)24-3)14(25-10)21-16(23)17(2)9-18(17,19)20/h4-8H,9H2,1-3H3,(H,21,23)/t17-/m1/s1. The van der Waals surface area contributed by atoms with Crippen LogP contribution < -0.4 is 5.32 Å². The number of amides is 1. The fourth-order valence-corrected chi connectivity index (χ4v) is 4.53. The lowest BCUT2D eigenvalue weighted by Gasteiger charge is -2.13. The Kier molecular flexibility index (Phi) is 4.60. The first-order valence-corrected chi connectivity index (χ1v) is 9.25. The molecule has 4 nitrogen and oxygen atoms in total. The summed E-state index contributed by atoms with van der Waals surface area (Å²) < 4.78 is 3.87. The number of nitrogens with one attached hydrogen (secondary N) is 1. The fourth-order valence-electron chi connectivity index (χ4n) is 2.77. The molecule has 1 aliphatic rings. The van der Waals surface area contributed by atoms with Crippen LogP contribution in [-0.2, 0) is 9.53 Å². The van der Waals surface area contributed by atoms with Gasteiger partial charge < -0.3 is 10.1 Å². The summed E-state index contributed by atoms with van der Waals surface area (Å²) in [7, 11) is 1.32. The first-order chi connectivity index (χ1) is 11.7. The Hall–Kier alpha value is -1.56. The molecule has 1 atom stereocenters. The number of carbonyl (C=O) groups excluding carboxylic acids is 2. The monoisotopic (exact) mass is 397 g/mol. The average molecular weight is 398 g/mol. The highest BCUT2D eigenvalue weighted by atomic mass is 35.5. The first kappa shape index (κ1) is 18.2. The van der Waals surface area contributed by atoms with Crippen LogP contribution in [0.2, 0.25) is 0 Å². The number of hydrogen-bond acceptors (Lipinski definition) is 4. The lowest BCUT2D eigenvalue weighted by atomic mass is 10.0. The van der Waals surface area contributed by atoms with Gasteiger partial charge in [0.15, 0.2) is 0 Å². The number of ether oxygens (including phenoxy) is 1. The molecule has 0 aliphatic heterocycles. The molecule has 2 aromatic rings. The molecule has 1 saturated carbocycles. The third-order valence-electron chi connectivity index (χ3n) is 4.52. The Bertz CT molecular complexity index is 848. The zero-order chi connectivity index (χ0) is 18.4. The molecule has 0 saturated heterocycles. The van der Waals surface area contributed by atoms with E-state index < -0.39 is 15.7 Å². The van der Waals surface area contributed by atoms with Crippen LogP contribution in [0.3, 0.4) is 0 Å². The van der Waals surface area contributed by atoms with Gasteiger partial charge in [-0.05, 0) is 25.8 Å². The molecule has 1 heterocycles. The Morgan fingerprint density at radius 3 is 2.36 bits per heavy atom. The number of hydrogen-bond donors (Lipinski definition) is 1. The molecule has 1 aromatic heterocycles. The molecule has 7 heteroatoms. The average Bonchev–Trinajstić information content (AvgIpc) is 2.94. The SMILES string of the molecule is COC(=O)c1c(NC(=O)[C@@]2(C)CC2(Cl)Cl)sc(C)c1-c1ccccc1. The maximum atomic E-state index is 12.6. The summed E-state index contributed by atoms with van der Waals surface area (Å²) >= 11 is 13.5. The minimum absolute atomic E-state index is 0.302. The van der Waals surface area contributed by atoms with Crippen molar-refractivity contribution in [2.75, 3.05) is 12.4 Å². The summed E-state index contributed by atoms with van der Waals surface area (Å²) in [4.78, 5) is 25.9. The van der Waals surface area contributed by atoms with E-state index in [1.54, 1.807) is 6.92 Å². The van der Waals surface area contributed by atoms with Crippen molar-refractivity contribution in [2.24, 2.45) is 5.41 Å². The number of esters is 1. The van der Waals surface area contributed by atoms with Gasteiger partial charge in [0.25, 0.3) is 0 Å². The second kappa shape index (κ2) is 6.31. The maximum absolute atomic E-state index is 12.6. The van der Waals surface area contributed by atoms with Crippen LogP contribution >= 0.6 is 34.5 Å². The quantitative estimate of drug-likeness (QED) is 0.580. The Morgan fingerprint density at radius 2 is 1.84 bits per heavy atom. The van der Waals surface area contributed by atoms with E-state index in [2.05, 4.69) is 5.32 Å². The van der Waals surface area contributed by atoms with Gasteiger partial charge in [-0.3, -0.25) is 4.79 Å². The van der Waals surface area contributed by atoms with E-state index in [0.717, 1.165) is 16.0 Å². The van der Waals surface area contributed by atoms with Gasteiger partial charge in [0.05, 0.1) is 12.5 Å². The summed E-state index contributed by atoms with van der Waals surface area (Å²) in [5.41, 5.74) is 1.13. The highest BCUT2D eigenvalue weighted by Gasteiger charge is 2.68. The Morgan fingerprint density at radius 1 is 1.24 bits per heavy atom. The molecule has 0 radical (unpaired) electrons. The first-order valence-electron chi connectivity index (χ1n) is 7.67. The summed E-state index contributed by atoms with van der Waals surface area (Å²) in [6.45, 7) is 3.61. The van der Waals surface area contributed by atoms with Gasteiger partial charge in [0.2, 0.25) is 5.91 Å². The molecule has 1 amide bonds. The lowest BCUT2D eigenvalue weighted by molar-refractivity contribution is -0.120. The maximum Gasteiger partial charge on any atom is 0.341 e. The van der Waals surface area contributed by atoms with E-state index in [1.165, 1.54) is 18.4 Å². The van der Waals surface area contributed by atoms with E-state index >= 15 is 0 Å². The van der Waals surface area contributed by atoms with Crippen molar-refractivity contribution in [3.63, 3.8) is 0 Å². The molecular formula is C18H17Cl2NO3S. The molecule has 1 aliphatic carbocycles. The number of anilines is 1. The molecule has 1 N–H and O–H groups in total. The van der Waals surface area contributed by atoms with Gasteiger partial charge in [0, 0.05) is 10.4 Å². The lowest BCUT2D eigenvalue weighted by Crippen LogP contribution is -2.26. The number of alkyl halides is 2. The zero-order valence-electron chi connectivity index (χ0n) is 14.0. The second-order valence-electron chi connectivity index (χ2n) is 6.26. The third-order valence-corrected chi connectivity index (χ3v) is 6.64. The van der Waals surface area contributed by atoms with Crippen molar-refractivity contribution < 1.29 is 14.3 Å². The topological polar surface area (TPSA) is 55.4 Å². The molecule has 1 aromatic carbocycles. The summed E-state index contributed by atoms with van der Waals surface area (Å²) in [5, 5.41) is 3.27. The van der Waals surface area contributed by atoms with E-state index in [4.69, 9.17) is 27.9 Å². The van der Waals surface area contributed by atoms with Crippen molar-refractivity contribution in [1.29, 1.82) is 0 Å². The largest absolute Gasteiger partial charge is 0.465 e. The van der Waals surface area contributed by atoms with Crippen LogP contribution in [0.4, 0.5) is 5.00 Å².